The number of aliphatic hydroxyl groups is 1. The van der Waals surface area contributed by atoms with Gasteiger partial charge in [-0.2, -0.15) is 0 Å². The first kappa shape index (κ1) is 14.6. The Kier molecular flexibility index (Phi) is 4.71. The van der Waals surface area contributed by atoms with Crippen molar-refractivity contribution in [3.8, 4) is 0 Å². The van der Waals surface area contributed by atoms with Crippen LogP contribution < -0.4 is 10.6 Å². The van der Waals surface area contributed by atoms with Gasteiger partial charge in [0.25, 0.3) is 0 Å². The van der Waals surface area contributed by atoms with E-state index < -0.39 is 0 Å². The molecule has 0 heterocycles. The lowest BCUT2D eigenvalue weighted by atomic mass is 9.85. The van der Waals surface area contributed by atoms with Crippen molar-refractivity contribution in [2.45, 2.75) is 70.9 Å². The van der Waals surface area contributed by atoms with E-state index >= 15 is 0 Å². The van der Waals surface area contributed by atoms with Gasteiger partial charge in [0.2, 0.25) is 0 Å². The van der Waals surface area contributed by atoms with Gasteiger partial charge in [-0.05, 0) is 31.6 Å². The van der Waals surface area contributed by atoms with E-state index in [1.54, 1.807) is 0 Å². The molecule has 2 rings (SSSR count). The number of aliphatic hydroxyl groups excluding tert-OH is 1. The second kappa shape index (κ2) is 6.12. The van der Waals surface area contributed by atoms with Crippen LogP contribution in [0.3, 0.4) is 0 Å². The first-order chi connectivity index (χ1) is 9.05. The summed E-state index contributed by atoms with van der Waals surface area (Å²) in [4.78, 5) is 12.1. The van der Waals surface area contributed by atoms with E-state index in [4.69, 9.17) is 0 Å². The number of rotatable bonds is 3. The van der Waals surface area contributed by atoms with E-state index in [9.17, 15) is 9.90 Å². The number of hydrogen-bond donors (Lipinski definition) is 3. The first-order valence-corrected chi connectivity index (χ1v) is 7.73. The van der Waals surface area contributed by atoms with Gasteiger partial charge < -0.3 is 15.7 Å². The molecule has 2 saturated carbocycles. The van der Waals surface area contributed by atoms with Gasteiger partial charge >= 0.3 is 6.03 Å². The molecule has 4 unspecified atom stereocenters. The SMILES string of the molecule is CC1CCCCC1NC(=O)NC1CCCC1(C)CO. The molecule has 0 aromatic heterocycles. The molecular weight excluding hydrogens is 240 g/mol. The van der Waals surface area contributed by atoms with Crippen LogP contribution in [0.25, 0.3) is 0 Å². The summed E-state index contributed by atoms with van der Waals surface area (Å²) in [7, 11) is 0. The van der Waals surface area contributed by atoms with Crippen LogP contribution in [0.1, 0.15) is 58.8 Å². The Bertz CT molecular complexity index is 321. The van der Waals surface area contributed by atoms with Crippen molar-refractivity contribution in [3.63, 3.8) is 0 Å². The topological polar surface area (TPSA) is 61.4 Å². The molecule has 3 N–H and O–H groups in total. The largest absolute Gasteiger partial charge is 0.396 e. The fraction of sp³-hybridized carbons (Fsp3) is 0.933. The zero-order valence-electron chi connectivity index (χ0n) is 12.2. The smallest absolute Gasteiger partial charge is 0.315 e. The summed E-state index contributed by atoms with van der Waals surface area (Å²) < 4.78 is 0. The maximum absolute atomic E-state index is 12.1. The van der Waals surface area contributed by atoms with E-state index in [1.807, 2.05) is 0 Å². The molecule has 4 heteroatoms. The minimum atomic E-state index is -0.143. The number of urea groups is 1. The van der Waals surface area contributed by atoms with Gasteiger partial charge in [-0.1, -0.05) is 33.1 Å². The van der Waals surface area contributed by atoms with Crippen LogP contribution in [0, 0.1) is 11.3 Å². The van der Waals surface area contributed by atoms with E-state index in [-0.39, 0.29) is 24.1 Å². The van der Waals surface area contributed by atoms with Crippen molar-refractivity contribution in [1.82, 2.24) is 10.6 Å². The number of carbonyl (C=O) groups is 1. The van der Waals surface area contributed by atoms with Crippen LogP contribution >= 0.6 is 0 Å². The third-order valence-corrected chi connectivity index (χ3v) is 5.18. The van der Waals surface area contributed by atoms with Crippen LogP contribution in [-0.2, 0) is 0 Å². The van der Waals surface area contributed by atoms with Crippen LogP contribution in [-0.4, -0.2) is 29.8 Å². The fourth-order valence-electron chi connectivity index (χ4n) is 3.57. The van der Waals surface area contributed by atoms with Crippen molar-refractivity contribution >= 4 is 6.03 Å². The van der Waals surface area contributed by atoms with Crippen LogP contribution in [0.2, 0.25) is 0 Å². The van der Waals surface area contributed by atoms with Crippen molar-refractivity contribution in [3.05, 3.63) is 0 Å². The zero-order chi connectivity index (χ0) is 13.9. The molecule has 0 radical (unpaired) electrons. The molecule has 2 aliphatic rings. The maximum Gasteiger partial charge on any atom is 0.315 e. The van der Waals surface area contributed by atoms with E-state index in [1.165, 1.54) is 19.3 Å². The Labute approximate surface area is 116 Å². The standard InChI is InChI=1S/C15H28N2O2/c1-11-6-3-4-7-12(11)16-14(19)17-13-8-5-9-15(13,2)10-18/h11-13,18H,3-10H2,1-2H3,(H2,16,17,19). The van der Waals surface area contributed by atoms with Gasteiger partial charge in [-0.15, -0.1) is 0 Å². The molecular formula is C15H28N2O2. The summed E-state index contributed by atoms with van der Waals surface area (Å²) in [6.07, 6.45) is 7.86. The molecule has 2 amide bonds. The fourth-order valence-corrected chi connectivity index (χ4v) is 3.57. The highest BCUT2D eigenvalue weighted by Gasteiger charge is 2.39. The highest BCUT2D eigenvalue weighted by molar-refractivity contribution is 5.74. The van der Waals surface area contributed by atoms with Gasteiger partial charge in [0.15, 0.2) is 0 Å². The van der Waals surface area contributed by atoms with E-state index in [0.29, 0.717) is 12.0 Å². The normalized spacial score (nSPS) is 39.0. The van der Waals surface area contributed by atoms with Gasteiger partial charge in [0.05, 0.1) is 6.61 Å². The Morgan fingerprint density at radius 2 is 1.95 bits per heavy atom. The second-order valence-corrected chi connectivity index (χ2v) is 6.74. The summed E-state index contributed by atoms with van der Waals surface area (Å²) in [6.45, 7) is 4.43. The van der Waals surface area contributed by atoms with Gasteiger partial charge in [0.1, 0.15) is 0 Å². The molecule has 0 bridgehead atoms. The number of carbonyl (C=O) groups excluding carboxylic acids is 1. The monoisotopic (exact) mass is 268 g/mol. The second-order valence-electron chi connectivity index (χ2n) is 6.74. The average Bonchev–Trinajstić information content (AvgIpc) is 2.75. The zero-order valence-corrected chi connectivity index (χ0v) is 12.2. The predicted molar refractivity (Wildman–Crippen MR) is 75.9 cm³/mol. The summed E-state index contributed by atoms with van der Waals surface area (Å²) >= 11 is 0. The molecule has 0 spiro atoms. The quantitative estimate of drug-likeness (QED) is 0.736. The average molecular weight is 268 g/mol. The molecule has 0 aromatic carbocycles. The molecule has 0 saturated heterocycles. The van der Waals surface area contributed by atoms with Crippen molar-refractivity contribution < 1.29 is 9.90 Å². The third kappa shape index (κ3) is 3.41. The summed E-state index contributed by atoms with van der Waals surface area (Å²) in [5, 5.41) is 15.7. The molecule has 4 atom stereocenters. The molecule has 2 fully saturated rings. The lowest BCUT2D eigenvalue weighted by Crippen LogP contribution is -2.52. The summed E-state index contributed by atoms with van der Waals surface area (Å²) in [5.74, 6) is 0.576. The number of hydrogen-bond acceptors (Lipinski definition) is 2. The highest BCUT2D eigenvalue weighted by Crippen LogP contribution is 2.37. The number of nitrogens with one attached hydrogen (secondary N) is 2. The lowest BCUT2D eigenvalue weighted by molar-refractivity contribution is 0.120. The van der Waals surface area contributed by atoms with Crippen LogP contribution in [0.5, 0.6) is 0 Å². The predicted octanol–water partition coefficient (Wildman–Crippen LogP) is 2.42. The Morgan fingerprint density at radius 1 is 1.21 bits per heavy atom. The van der Waals surface area contributed by atoms with E-state index in [2.05, 4.69) is 24.5 Å². The highest BCUT2D eigenvalue weighted by atomic mass is 16.3. The molecule has 2 aliphatic carbocycles. The van der Waals surface area contributed by atoms with Gasteiger partial charge in [0, 0.05) is 17.5 Å². The molecule has 19 heavy (non-hydrogen) atoms. The van der Waals surface area contributed by atoms with Crippen molar-refractivity contribution in [1.29, 1.82) is 0 Å². The first-order valence-electron chi connectivity index (χ1n) is 7.73. The number of amides is 2. The maximum atomic E-state index is 12.1. The minimum absolute atomic E-state index is 0.0506. The molecule has 0 aliphatic heterocycles. The minimum Gasteiger partial charge on any atom is -0.396 e. The van der Waals surface area contributed by atoms with Crippen molar-refractivity contribution in [2.75, 3.05) is 6.61 Å². The van der Waals surface area contributed by atoms with E-state index in [0.717, 1.165) is 25.7 Å². The molecule has 0 aromatic rings. The molecule has 110 valence electrons. The lowest BCUT2D eigenvalue weighted by Gasteiger charge is -2.33. The summed E-state index contributed by atoms with van der Waals surface area (Å²) in [5.41, 5.74) is -0.143. The molecule has 4 nitrogen and oxygen atoms in total. The van der Waals surface area contributed by atoms with Gasteiger partial charge in [-0.3, -0.25) is 0 Å². The third-order valence-electron chi connectivity index (χ3n) is 5.18. The Hall–Kier alpha value is -0.770. The van der Waals surface area contributed by atoms with Crippen molar-refractivity contribution in [2.24, 2.45) is 11.3 Å². The summed E-state index contributed by atoms with van der Waals surface area (Å²) in [6, 6.07) is 0.372. The van der Waals surface area contributed by atoms with Gasteiger partial charge in [-0.25, -0.2) is 4.79 Å². The Balaban J connectivity index is 1.84. The Morgan fingerprint density at radius 3 is 2.63 bits per heavy atom. The van der Waals surface area contributed by atoms with Crippen LogP contribution in [0.4, 0.5) is 4.79 Å². The van der Waals surface area contributed by atoms with Crippen LogP contribution in [0.15, 0.2) is 0 Å².